The molecule has 0 aromatic carbocycles. The van der Waals surface area contributed by atoms with E-state index in [2.05, 4.69) is 41.2 Å². The first-order valence-electron chi connectivity index (χ1n) is 9.06. The Kier molecular flexibility index (Phi) is 7.34. The van der Waals surface area contributed by atoms with Gasteiger partial charge in [-0.3, -0.25) is 0 Å². The van der Waals surface area contributed by atoms with Gasteiger partial charge in [0.05, 0.1) is 0 Å². The second-order valence-corrected chi connectivity index (χ2v) is 7.96. The molecule has 1 fully saturated rings. The third-order valence-electron chi connectivity index (χ3n) is 6.11. The van der Waals surface area contributed by atoms with Crippen molar-refractivity contribution >= 4 is 0 Å². The molecule has 0 amide bonds. The van der Waals surface area contributed by atoms with Gasteiger partial charge in [0.1, 0.15) is 0 Å². The Bertz CT molecular complexity index is 288. The first kappa shape index (κ1) is 17.8. The molecule has 0 spiro atoms. The lowest BCUT2D eigenvalue weighted by molar-refractivity contribution is 0.142. The fraction of sp³-hybridized carbons (Fsp3) is 0.900. The van der Waals surface area contributed by atoms with Gasteiger partial charge in [0.25, 0.3) is 0 Å². The smallest absolute Gasteiger partial charge is 0.0269 e. The summed E-state index contributed by atoms with van der Waals surface area (Å²) in [7, 11) is 0. The third-order valence-corrected chi connectivity index (χ3v) is 6.11. The van der Waals surface area contributed by atoms with Gasteiger partial charge in [0, 0.05) is 0 Å². The predicted molar refractivity (Wildman–Crippen MR) is 92.0 cm³/mol. The van der Waals surface area contributed by atoms with E-state index in [1.54, 1.807) is 0 Å². The summed E-state index contributed by atoms with van der Waals surface area (Å²) in [6, 6.07) is 0. The van der Waals surface area contributed by atoms with Gasteiger partial charge in [-0.05, 0) is 61.7 Å². The van der Waals surface area contributed by atoms with Crippen molar-refractivity contribution in [2.75, 3.05) is 0 Å². The first-order chi connectivity index (χ1) is 9.40. The van der Waals surface area contributed by atoms with Gasteiger partial charge in [-0.15, -0.1) is 0 Å². The van der Waals surface area contributed by atoms with Gasteiger partial charge < -0.3 is 0 Å². The Balaban J connectivity index is 2.45. The van der Waals surface area contributed by atoms with E-state index in [4.69, 9.17) is 0 Å². The van der Waals surface area contributed by atoms with Crippen molar-refractivity contribution in [3.8, 4) is 0 Å². The van der Waals surface area contributed by atoms with E-state index in [0.29, 0.717) is 5.41 Å². The number of hydrogen-bond acceptors (Lipinski definition) is 0. The molecule has 0 aliphatic heterocycles. The molecule has 1 rings (SSSR count). The van der Waals surface area contributed by atoms with Crippen molar-refractivity contribution in [3.05, 3.63) is 12.2 Å². The summed E-state index contributed by atoms with van der Waals surface area (Å²) < 4.78 is 0. The standard InChI is InChI=1S/C20H38/c1-7-17(4)14-15-20(6)18(5)12-13-19(20)11-9-8-10-16(2)3/h16,18-19H,4,7-15H2,1-3,5-6H3/t18?,19-,20-/m0/s1. The molecule has 0 N–H and O–H groups in total. The first-order valence-corrected chi connectivity index (χ1v) is 9.06. The van der Waals surface area contributed by atoms with Crippen LogP contribution in [-0.2, 0) is 0 Å². The Morgan fingerprint density at radius 1 is 1.25 bits per heavy atom. The largest absolute Gasteiger partial charge is 0.0999 e. The maximum Gasteiger partial charge on any atom is -0.0269 e. The van der Waals surface area contributed by atoms with Crippen molar-refractivity contribution < 1.29 is 0 Å². The summed E-state index contributed by atoms with van der Waals surface area (Å²) in [5.41, 5.74) is 2.03. The zero-order valence-electron chi connectivity index (χ0n) is 14.8. The van der Waals surface area contributed by atoms with Crippen molar-refractivity contribution in [1.29, 1.82) is 0 Å². The van der Waals surface area contributed by atoms with Gasteiger partial charge >= 0.3 is 0 Å². The monoisotopic (exact) mass is 278 g/mol. The van der Waals surface area contributed by atoms with Crippen LogP contribution in [0.4, 0.5) is 0 Å². The molecule has 0 heteroatoms. The molecule has 1 saturated carbocycles. The average Bonchev–Trinajstić information content (AvgIpc) is 2.69. The summed E-state index contributed by atoms with van der Waals surface area (Å²) in [5.74, 6) is 2.74. The molecular weight excluding hydrogens is 240 g/mol. The van der Waals surface area contributed by atoms with Crippen molar-refractivity contribution in [1.82, 2.24) is 0 Å². The van der Waals surface area contributed by atoms with Crippen LogP contribution in [0.5, 0.6) is 0 Å². The molecule has 20 heavy (non-hydrogen) atoms. The van der Waals surface area contributed by atoms with Crippen molar-refractivity contribution in [2.24, 2.45) is 23.2 Å². The van der Waals surface area contributed by atoms with Crippen molar-refractivity contribution in [2.45, 2.75) is 92.4 Å². The molecule has 0 heterocycles. The van der Waals surface area contributed by atoms with Crippen LogP contribution < -0.4 is 0 Å². The Morgan fingerprint density at radius 3 is 2.55 bits per heavy atom. The summed E-state index contributed by atoms with van der Waals surface area (Å²) in [4.78, 5) is 0. The summed E-state index contributed by atoms with van der Waals surface area (Å²) in [5, 5.41) is 0. The fourth-order valence-corrected chi connectivity index (χ4v) is 4.00. The van der Waals surface area contributed by atoms with E-state index in [1.807, 2.05) is 0 Å². The highest BCUT2D eigenvalue weighted by Gasteiger charge is 2.42. The maximum atomic E-state index is 4.21. The molecule has 0 aromatic rings. The van der Waals surface area contributed by atoms with Crippen LogP contribution in [0.15, 0.2) is 12.2 Å². The van der Waals surface area contributed by atoms with E-state index >= 15 is 0 Å². The Labute approximate surface area is 128 Å². The average molecular weight is 279 g/mol. The number of hydrogen-bond donors (Lipinski definition) is 0. The van der Waals surface area contributed by atoms with Crippen LogP contribution in [-0.4, -0.2) is 0 Å². The number of rotatable bonds is 9. The van der Waals surface area contributed by atoms with E-state index < -0.39 is 0 Å². The second-order valence-electron chi connectivity index (χ2n) is 7.96. The molecule has 0 radical (unpaired) electrons. The van der Waals surface area contributed by atoms with E-state index in [0.717, 1.165) is 24.2 Å². The third kappa shape index (κ3) is 4.93. The summed E-state index contributed by atoms with van der Waals surface area (Å²) >= 11 is 0. The van der Waals surface area contributed by atoms with E-state index in [9.17, 15) is 0 Å². The molecule has 1 aliphatic carbocycles. The molecule has 3 atom stereocenters. The summed E-state index contributed by atoms with van der Waals surface area (Å²) in [6.45, 7) is 16.2. The van der Waals surface area contributed by atoms with Crippen LogP contribution in [0.3, 0.4) is 0 Å². The van der Waals surface area contributed by atoms with Crippen LogP contribution in [0.2, 0.25) is 0 Å². The normalized spacial score (nSPS) is 30.1. The fourth-order valence-electron chi connectivity index (χ4n) is 4.00. The molecule has 0 saturated heterocycles. The molecule has 1 unspecified atom stereocenters. The topological polar surface area (TPSA) is 0 Å². The van der Waals surface area contributed by atoms with Crippen LogP contribution in [0.25, 0.3) is 0 Å². The SMILES string of the molecule is C=C(CC)CC[C@@]1(C)C(C)CC[C@@H]1CCCCC(C)C. The van der Waals surface area contributed by atoms with E-state index in [-0.39, 0.29) is 0 Å². The Hall–Kier alpha value is -0.260. The lowest BCUT2D eigenvalue weighted by Gasteiger charge is -2.36. The predicted octanol–water partition coefficient (Wildman–Crippen LogP) is 7.00. The zero-order chi connectivity index (χ0) is 15.2. The molecule has 0 aromatic heterocycles. The number of unbranched alkanes of at least 4 members (excludes halogenated alkanes) is 1. The quantitative estimate of drug-likeness (QED) is 0.314. The lowest BCUT2D eigenvalue weighted by atomic mass is 9.69. The van der Waals surface area contributed by atoms with Gasteiger partial charge in [0.15, 0.2) is 0 Å². The van der Waals surface area contributed by atoms with Gasteiger partial charge in [-0.25, -0.2) is 0 Å². The molecular formula is C20H38. The second kappa shape index (κ2) is 8.25. The van der Waals surface area contributed by atoms with Crippen molar-refractivity contribution in [3.63, 3.8) is 0 Å². The molecule has 118 valence electrons. The van der Waals surface area contributed by atoms with E-state index in [1.165, 1.54) is 56.9 Å². The van der Waals surface area contributed by atoms with Crippen LogP contribution in [0, 0.1) is 23.2 Å². The maximum absolute atomic E-state index is 4.21. The van der Waals surface area contributed by atoms with Gasteiger partial charge in [-0.1, -0.05) is 66.0 Å². The highest BCUT2D eigenvalue weighted by atomic mass is 14.5. The highest BCUT2D eigenvalue weighted by molar-refractivity contribution is 4.99. The zero-order valence-corrected chi connectivity index (χ0v) is 14.8. The minimum absolute atomic E-state index is 0.579. The van der Waals surface area contributed by atoms with Crippen LogP contribution in [0.1, 0.15) is 92.4 Å². The number of allylic oxidation sites excluding steroid dienone is 1. The van der Waals surface area contributed by atoms with Gasteiger partial charge in [-0.2, -0.15) is 0 Å². The lowest BCUT2D eigenvalue weighted by Crippen LogP contribution is -2.27. The van der Waals surface area contributed by atoms with Gasteiger partial charge in [0.2, 0.25) is 0 Å². The minimum Gasteiger partial charge on any atom is -0.0999 e. The Morgan fingerprint density at radius 2 is 1.95 bits per heavy atom. The minimum atomic E-state index is 0.579. The highest BCUT2D eigenvalue weighted by Crippen LogP contribution is 2.52. The molecule has 1 aliphatic rings. The molecule has 0 bridgehead atoms. The van der Waals surface area contributed by atoms with Crippen LogP contribution >= 0.6 is 0 Å². The summed E-state index contributed by atoms with van der Waals surface area (Å²) in [6.07, 6.45) is 12.4. The molecule has 0 nitrogen and oxygen atoms in total.